The zero-order valence-corrected chi connectivity index (χ0v) is 19.5. The molecule has 2 amide bonds. The number of halogens is 3. The Morgan fingerprint density at radius 1 is 1.11 bits per heavy atom. The fourth-order valence-corrected chi connectivity index (χ4v) is 3.57. The van der Waals surface area contributed by atoms with Crippen molar-refractivity contribution in [3.63, 3.8) is 0 Å². The minimum atomic E-state index is -0.994. The molecular weight excluding hydrogens is 461 g/mol. The van der Waals surface area contributed by atoms with Crippen molar-refractivity contribution in [2.75, 3.05) is 11.9 Å². The van der Waals surface area contributed by atoms with Gasteiger partial charge in [0.1, 0.15) is 18.2 Å². The van der Waals surface area contributed by atoms with Gasteiger partial charge in [-0.2, -0.15) is 0 Å². The number of rotatable bonds is 10. The molecule has 0 saturated heterocycles. The third-order valence-corrected chi connectivity index (χ3v) is 5.39. The average molecular weight is 489 g/mol. The lowest BCUT2D eigenvalue weighted by molar-refractivity contribution is -0.136. The molecule has 3 rings (SSSR count). The highest BCUT2D eigenvalue weighted by molar-refractivity contribution is 5.89. The van der Waals surface area contributed by atoms with Crippen LogP contribution in [0.25, 0.3) is 10.8 Å². The van der Waals surface area contributed by atoms with Crippen LogP contribution in [0.1, 0.15) is 38.7 Å². The van der Waals surface area contributed by atoms with E-state index in [4.69, 9.17) is 4.74 Å². The summed E-state index contributed by atoms with van der Waals surface area (Å²) in [4.78, 5) is 28.8. The first-order valence-electron chi connectivity index (χ1n) is 11.2. The molecule has 7 nitrogen and oxygen atoms in total. The predicted octanol–water partition coefficient (Wildman–Crippen LogP) is 5.31. The monoisotopic (exact) mass is 488 g/mol. The minimum absolute atomic E-state index is 0.0583. The third-order valence-electron chi connectivity index (χ3n) is 5.39. The SMILES string of the molecule is CCCC[C@@H](COC(=O)Nc1cc2cc(F)ccc2cn1)N(NCc1cccc(F)c1F)C(C)=O. The van der Waals surface area contributed by atoms with E-state index in [0.29, 0.717) is 17.2 Å². The lowest BCUT2D eigenvalue weighted by atomic mass is 10.1. The number of anilines is 1. The van der Waals surface area contributed by atoms with Gasteiger partial charge in [0.05, 0.1) is 6.04 Å². The maximum absolute atomic E-state index is 14.0. The Kier molecular flexibility index (Phi) is 9.02. The van der Waals surface area contributed by atoms with Crippen LogP contribution < -0.4 is 10.7 Å². The Hall–Kier alpha value is -3.66. The highest BCUT2D eigenvalue weighted by atomic mass is 19.2. The zero-order valence-electron chi connectivity index (χ0n) is 19.5. The van der Waals surface area contributed by atoms with Crippen molar-refractivity contribution in [2.45, 2.75) is 45.7 Å². The molecule has 0 bridgehead atoms. The van der Waals surface area contributed by atoms with Crippen LogP contribution in [0.3, 0.4) is 0 Å². The number of nitrogens with one attached hydrogen (secondary N) is 2. The molecule has 2 N–H and O–H groups in total. The van der Waals surface area contributed by atoms with E-state index >= 15 is 0 Å². The molecule has 0 radical (unpaired) electrons. The highest BCUT2D eigenvalue weighted by Crippen LogP contribution is 2.18. The first-order chi connectivity index (χ1) is 16.8. The second kappa shape index (κ2) is 12.2. The largest absolute Gasteiger partial charge is 0.447 e. The van der Waals surface area contributed by atoms with E-state index in [1.807, 2.05) is 6.92 Å². The molecular formula is C25H27F3N4O3. The van der Waals surface area contributed by atoms with Crippen molar-refractivity contribution in [3.05, 3.63) is 71.7 Å². The van der Waals surface area contributed by atoms with Crippen LogP contribution in [-0.4, -0.2) is 34.6 Å². The van der Waals surface area contributed by atoms with Gasteiger partial charge in [-0.3, -0.25) is 15.1 Å². The van der Waals surface area contributed by atoms with Gasteiger partial charge in [0, 0.05) is 30.6 Å². The van der Waals surface area contributed by atoms with Crippen molar-refractivity contribution in [2.24, 2.45) is 0 Å². The Balaban J connectivity index is 1.65. The van der Waals surface area contributed by atoms with Crippen LogP contribution in [0.5, 0.6) is 0 Å². The molecule has 0 aliphatic rings. The van der Waals surface area contributed by atoms with Gasteiger partial charge in [-0.1, -0.05) is 31.9 Å². The number of pyridine rings is 1. The van der Waals surface area contributed by atoms with E-state index < -0.39 is 29.6 Å². The van der Waals surface area contributed by atoms with Gasteiger partial charge in [-0.05, 0) is 42.1 Å². The number of carbonyl (C=O) groups is 2. The molecule has 10 heteroatoms. The molecule has 1 atom stereocenters. The van der Waals surface area contributed by atoms with Gasteiger partial charge >= 0.3 is 6.09 Å². The van der Waals surface area contributed by atoms with Gasteiger partial charge in [0.2, 0.25) is 5.91 Å². The smallest absolute Gasteiger partial charge is 0.412 e. The normalized spacial score (nSPS) is 11.8. The van der Waals surface area contributed by atoms with Crippen molar-refractivity contribution in [3.8, 4) is 0 Å². The van der Waals surface area contributed by atoms with Gasteiger partial charge < -0.3 is 4.74 Å². The second-order valence-corrected chi connectivity index (χ2v) is 8.02. The van der Waals surface area contributed by atoms with Gasteiger partial charge in [-0.15, -0.1) is 0 Å². The molecule has 0 spiro atoms. The number of nitrogens with zero attached hydrogens (tertiary/aromatic N) is 2. The molecule has 0 aliphatic carbocycles. The van der Waals surface area contributed by atoms with Crippen LogP contribution in [-0.2, 0) is 16.1 Å². The molecule has 0 aliphatic heterocycles. The van der Waals surface area contributed by atoms with E-state index in [0.717, 1.165) is 18.9 Å². The van der Waals surface area contributed by atoms with Crippen LogP contribution in [0.2, 0.25) is 0 Å². The number of unbranched alkanes of at least 4 members (excludes halogenated alkanes) is 1. The highest BCUT2D eigenvalue weighted by Gasteiger charge is 2.23. The quantitative estimate of drug-likeness (QED) is 0.378. The predicted molar refractivity (Wildman–Crippen MR) is 126 cm³/mol. The number of benzene rings is 2. The van der Waals surface area contributed by atoms with Crippen LogP contribution in [0.4, 0.5) is 23.8 Å². The molecule has 1 aromatic heterocycles. The van der Waals surface area contributed by atoms with E-state index in [2.05, 4.69) is 15.7 Å². The molecule has 2 aromatic carbocycles. The van der Waals surface area contributed by atoms with E-state index in [-0.39, 0.29) is 30.4 Å². The number of hydrazine groups is 1. The van der Waals surface area contributed by atoms with Gasteiger partial charge in [0.15, 0.2) is 11.6 Å². The number of carbonyl (C=O) groups excluding carboxylic acids is 2. The summed E-state index contributed by atoms with van der Waals surface area (Å²) in [6, 6.07) is 9.00. The van der Waals surface area contributed by atoms with Crippen LogP contribution in [0, 0.1) is 17.5 Å². The Morgan fingerprint density at radius 3 is 2.66 bits per heavy atom. The fraction of sp³-hybridized carbons (Fsp3) is 0.320. The van der Waals surface area contributed by atoms with Gasteiger partial charge in [-0.25, -0.2) is 28.4 Å². The van der Waals surface area contributed by atoms with Crippen molar-refractivity contribution in [1.29, 1.82) is 0 Å². The summed E-state index contributed by atoms with van der Waals surface area (Å²) in [5.41, 5.74) is 2.89. The summed E-state index contributed by atoms with van der Waals surface area (Å²) in [7, 11) is 0. The number of hydrogen-bond acceptors (Lipinski definition) is 5. The molecule has 1 heterocycles. The number of hydrogen-bond donors (Lipinski definition) is 2. The van der Waals surface area contributed by atoms with Crippen molar-refractivity contribution >= 4 is 28.6 Å². The number of ether oxygens (including phenoxy) is 1. The summed E-state index contributed by atoms with van der Waals surface area (Å²) in [6.07, 6.45) is 2.80. The van der Waals surface area contributed by atoms with Crippen LogP contribution in [0.15, 0.2) is 48.7 Å². The standard InChI is InChI=1S/C25H27F3N4O3/c1-3-4-7-21(32(16(2)33)30-14-18-6-5-8-22(27)24(18)28)15-35-25(34)31-23-12-19-11-20(26)10-9-17(19)13-29-23/h5-6,8-13,21,30H,3-4,7,14-15H2,1-2H3,(H,29,31,34)/t21-/m0/s1. The maximum Gasteiger partial charge on any atom is 0.412 e. The van der Waals surface area contributed by atoms with Crippen molar-refractivity contribution < 1.29 is 27.5 Å². The Bertz CT molecular complexity index is 1190. The Morgan fingerprint density at radius 2 is 1.91 bits per heavy atom. The maximum atomic E-state index is 14.0. The van der Waals surface area contributed by atoms with E-state index in [9.17, 15) is 22.8 Å². The summed E-state index contributed by atoms with van der Waals surface area (Å²) < 4.78 is 46.3. The molecule has 186 valence electrons. The lowest BCUT2D eigenvalue weighted by Crippen LogP contribution is -2.50. The topological polar surface area (TPSA) is 83.6 Å². The molecule has 35 heavy (non-hydrogen) atoms. The molecule has 0 fully saturated rings. The summed E-state index contributed by atoms with van der Waals surface area (Å²) in [5.74, 6) is -2.57. The van der Waals surface area contributed by atoms with E-state index in [1.165, 1.54) is 48.5 Å². The molecule has 0 unspecified atom stereocenters. The lowest BCUT2D eigenvalue weighted by Gasteiger charge is -2.31. The third kappa shape index (κ3) is 7.16. The number of aromatic nitrogens is 1. The zero-order chi connectivity index (χ0) is 25.4. The summed E-state index contributed by atoms with van der Waals surface area (Å²) in [5, 5.41) is 5.04. The number of fused-ring (bicyclic) bond motifs is 1. The minimum Gasteiger partial charge on any atom is -0.447 e. The number of amides is 2. The first kappa shape index (κ1) is 26.0. The fourth-order valence-electron chi connectivity index (χ4n) is 3.57. The Labute approximate surface area is 201 Å². The van der Waals surface area contributed by atoms with Crippen LogP contribution >= 0.6 is 0 Å². The van der Waals surface area contributed by atoms with E-state index in [1.54, 1.807) is 6.07 Å². The summed E-state index contributed by atoms with van der Waals surface area (Å²) >= 11 is 0. The average Bonchev–Trinajstić information content (AvgIpc) is 2.82. The molecule has 3 aromatic rings. The van der Waals surface area contributed by atoms with Gasteiger partial charge in [0.25, 0.3) is 0 Å². The molecule has 0 saturated carbocycles. The summed E-state index contributed by atoms with van der Waals surface area (Å²) in [6.45, 7) is 3.03. The first-order valence-corrected chi connectivity index (χ1v) is 11.2. The van der Waals surface area contributed by atoms with Crippen molar-refractivity contribution in [1.82, 2.24) is 15.4 Å². The second-order valence-electron chi connectivity index (χ2n) is 8.02.